The molecule has 1 rings (SSSR count). The second-order valence-corrected chi connectivity index (χ2v) is 2.90. The normalized spacial score (nSPS) is 17.5. The van der Waals surface area contributed by atoms with Crippen molar-refractivity contribution in [2.45, 2.75) is 20.0 Å². The maximum absolute atomic E-state index is 5.17. The molecule has 0 bridgehead atoms. The summed E-state index contributed by atoms with van der Waals surface area (Å²) >= 11 is 0. The van der Waals surface area contributed by atoms with Crippen LogP contribution in [-0.2, 0) is 4.84 Å². The molecule has 1 aliphatic heterocycles. The van der Waals surface area contributed by atoms with Gasteiger partial charge in [-0.25, -0.2) is 10.5 Å². The minimum Gasteiger partial charge on any atom is -0.342 e. The van der Waals surface area contributed by atoms with E-state index in [0.29, 0.717) is 0 Å². The van der Waals surface area contributed by atoms with Gasteiger partial charge in [0.05, 0.1) is 12.6 Å². The first kappa shape index (κ1) is 8.33. The number of hydrogen-bond acceptors (Lipinski definition) is 4. The van der Waals surface area contributed by atoms with Gasteiger partial charge in [-0.2, -0.15) is 0 Å². The molecule has 0 aromatic carbocycles. The molecular formula is C7H15N3O. The zero-order valence-corrected chi connectivity index (χ0v) is 7.29. The molecule has 1 heterocycles. The van der Waals surface area contributed by atoms with E-state index in [0.717, 1.165) is 19.0 Å². The van der Waals surface area contributed by atoms with Gasteiger partial charge in [0.15, 0.2) is 0 Å². The maximum Gasteiger partial charge on any atom is 0.218 e. The smallest absolute Gasteiger partial charge is 0.218 e. The van der Waals surface area contributed by atoms with Crippen molar-refractivity contribution in [3.63, 3.8) is 0 Å². The van der Waals surface area contributed by atoms with Crippen molar-refractivity contribution in [1.82, 2.24) is 10.4 Å². The Bertz CT molecular complexity index is 156. The van der Waals surface area contributed by atoms with Crippen molar-refractivity contribution in [1.29, 1.82) is 0 Å². The molecule has 0 spiro atoms. The van der Waals surface area contributed by atoms with Crippen LogP contribution >= 0.6 is 0 Å². The van der Waals surface area contributed by atoms with E-state index in [2.05, 4.69) is 10.5 Å². The molecule has 0 atom stereocenters. The third kappa shape index (κ3) is 2.38. The predicted octanol–water partition coefficient (Wildman–Crippen LogP) is 0.217. The van der Waals surface area contributed by atoms with Crippen LogP contribution in [0.4, 0.5) is 0 Å². The molecule has 4 heteroatoms. The van der Waals surface area contributed by atoms with Gasteiger partial charge in [-0.1, -0.05) is 0 Å². The number of nitrogens with zero attached hydrogens (tertiary/aromatic N) is 2. The van der Waals surface area contributed by atoms with Gasteiger partial charge in [0.2, 0.25) is 5.96 Å². The third-order valence-corrected chi connectivity index (χ3v) is 1.44. The Labute approximate surface area is 67.2 Å². The lowest BCUT2D eigenvalue weighted by Crippen LogP contribution is -2.36. The zero-order valence-electron chi connectivity index (χ0n) is 7.29. The fourth-order valence-corrected chi connectivity index (χ4v) is 0.813. The highest BCUT2D eigenvalue weighted by Crippen LogP contribution is 1.95. The van der Waals surface area contributed by atoms with Crippen LogP contribution in [0.5, 0.6) is 0 Å². The van der Waals surface area contributed by atoms with Crippen LogP contribution in [0.15, 0.2) is 4.99 Å². The summed E-state index contributed by atoms with van der Waals surface area (Å²) in [5.74, 6) is 0.832. The predicted molar refractivity (Wildman–Crippen MR) is 44.3 cm³/mol. The van der Waals surface area contributed by atoms with Crippen LogP contribution in [0.2, 0.25) is 0 Å². The van der Waals surface area contributed by atoms with E-state index >= 15 is 0 Å². The average molecular weight is 157 g/mol. The van der Waals surface area contributed by atoms with Crippen molar-refractivity contribution in [2.75, 3.05) is 20.1 Å². The second kappa shape index (κ2) is 3.57. The number of aliphatic imine (C=N–C) groups is 1. The summed E-state index contributed by atoms with van der Waals surface area (Å²) in [4.78, 5) is 11.4. The minimum absolute atomic E-state index is 0.187. The monoisotopic (exact) mass is 157 g/mol. The molecule has 0 unspecified atom stereocenters. The summed E-state index contributed by atoms with van der Waals surface area (Å²) in [5, 5.41) is 0. The van der Waals surface area contributed by atoms with Crippen LogP contribution in [0, 0.1) is 0 Å². The van der Waals surface area contributed by atoms with E-state index in [9.17, 15) is 0 Å². The van der Waals surface area contributed by atoms with Crippen LogP contribution in [0.1, 0.15) is 13.8 Å². The largest absolute Gasteiger partial charge is 0.342 e. The first-order valence-corrected chi connectivity index (χ1v) is 3.87. The number of rotatable bonds is 2. The fraction of sp³-hybridized carbons (Fsp3) is 0.857. The lowest BCUT2D eigenvalue weighted by atomic mass is 10.5. The van der Waals surface area contributed by atoms with Crippen molar-refractivity contribution in [2.24, 2.45) is 4.99 Å². The summed E-state index contributed by atoms with van der Waals surface area (Å²) < 4.78 is 0. The lowest BCUT2D eigenvalue weighted by Gasteiger charge is -2.16. The average Bonchev–Trinajstić information content (AvgIpc) is 2.31. The zero-order chi connectivity index (χ0) is 8.27. The highest BCUT2D eigenvalue weighted by atomic mass is 16.7. The van der Waals surface area contributed by atoms with Gasteiger partial charge < -0.3 is 4.90 Å². The SMILES string of the molecule is CC(C)ONC1=NCCN1C. The lowest BCUT2D eigenvalue weighted by molar-refractivity contribution is 0.0280. The van der Waals surface area contributed by atoms with Gasteiger partial charge in [-0.05, 0) is 13.8 Å². The Balaban J connectivity index is 2.26. The van der Waals surface area contributed by atoms with Crippen molar-refractivity contribution < 1.29 is 4.84 Å². The summed E-state index contributed by atoms with van der Waals surface area (Å²) in [6.07, 6.45) is 0.187. The molecule has 1 aliphatic rings. The van der Waals surface area contributed by atoms with E-state index in [4.69, 9.17) is 4.84 Å². The molecular weight excluding hydrogens is 142 g/mol. The maximum atomic E-state index is 5.17. The van der Waals surface area contributed by atoms with E-state index in [1.165, 1.54) is 0 Å². The molecule has 1 N–H and O–H groups in total. The summed E-state index contributed by atoms with van der Waals surface area (Å²) in [6.45, 7) is 5.79. The summed E-state index contributed by atoms with van der Waals surface area (Å²) in [5.41, 5.74) is 2.81. The van der Waals surface area contributed by atoms with Crippen molar-refractivity contribution >= 4 is 5.96 Å². The standard InChI is InChI=1S/C7H15N3O/c1-6(2)11-9-7-8-4-5-10(7)3/h6H,4-5H2,1-3H3,(H,8,9). The first-order chi connectivity index (χ1) is 5.20. The highest BCUT2D eigenvalue weighted by molar-refractivity contribution is 5.80. The molecule has 0 radical (unpaired) electrons. The van der Waals surface area contributed by atoms with Crippen LogP contribution in [0.3, 0.4) is 0 Å². The fourth-order valence-electron chi connectivity index (χ4n) is 0.813. The number of hydroxylamine groups is 1. The second-order valence-electron chi connectivity index (χ2n) is 2.90. The topological polar surface area (TPSA) is 36.9 Å². The van der Waals surface area contributed by atoms with Gasteiger partial charge in [-0.3, -0.25) is 4.84 Å². The molecule has 0 saturated carbocycles. The van der Waals surface area contributed by atoms with E-state index < -0.39 is 0 Å². The Hall–Kier alpha value is -0.770. The first-order valence-electron chi connectivity index (χ1n) is 3.87. The van der Waals surface area contributed by atoms with E-state index in [1.807, 2.05) is 25.8 Å². The Kier molecular flexibility index (Phi) is 2.70. The third-order valence-electron chi connectivity index (χ3n) is 1.44. The molecule has 0 aromatic heterocycles. The molecule has 0 aliphatic carbocycles. The Morgan fingerprint density at radius 3 is 2.82 bits per heavy atom. The number of likely N-dealkylation sites (N-methyl/N-ethyl adjacent to an activating group) is 1. The van der Waals surface area contributed by atoms with E-state index in [-0.39, 0.29) is 6.10 Å². The molecule has 0 amide bonds. The van der Waals surface area contributed by atoms with Gasteiger partial charge in [0.25, 0.3) is 0 Å². The van der Waals surface area contributed by atoms with Crippen molar-refractivity contribution in [3.05, 3.63) is 0 Å². The molecule has 4 nitrogen and oxygen atoms in total. The Morgan fingerprint density at radius 1 is 1.64 bits per heavy atom. The van der Waals surface area contributed by atoms with Crippen LogP contribution < -0.4 is 5.48 Å². The molecule has 0 fully saturated rings. The highest BCUT2D eigenvalue weighted by Gasteiger charge is 2.11. The van der Waals surface area contributed by atoms with Gasteiger partial charge in [-0.15, -0.1) is 0 Å². The molecule has 0 aromatic rings. The van der Waals surface area contributed by atoms with Gasteiger partial charge in [0.1, 0.15) is 0 Å². The number of nitrogens with one attached hydrogen (secondary N) is 1. The van der Waals surface area contributed by atoms with E-state index in [1.54, 1.807) is 0 Å². The number of guanidine groups is 1. The minimum atomic E-state index is 0.187. The van der Waals surface area contributed by atoms with Gasteiger partial charge >= 0.3 is 0 Å². The molecule has 64 valence electrons. The number of hydrogen-bond donors (Lipinski definition) is 1. The summed E-state index contributed by atoms with van der Waals surface area (Å²) in [6, 6.07) is 0. The van der Waals surface area contributed by atoms with Crippen LogP contribution in [0.25, 0.3) is 0 Å². The molecule has 11 heavy (non-hydrogen) atoms. The Morgan fingerprint density at radius 2 is 2.36 bits per heavy atom. The summed E-state index contributed by atoms with van der Waals surface area (Å²) in [7, 11) is 1.99. The van der Waals surface area contributed by atoms with Crippen molar-refractivity contribution in [3.8, 4) is 0 Å². The molecule has 0 saturated heterocycles. The van der Waals surface area contributed by atoms with Crippen LogP contribution in [-0.4, -0.2) is 37.1 Å². The van der Waals surface area contributed by atoms with Gasteiger partial charge in [0, 0.05) is 13.6 Å². The quantitative estimate of drug-likeness (QED) is 0.582.